The molecule has 0 unspecified atom stereocenters. The molecule has 0 radical (unpaired) electrons. The van der Waals surface area contributed by atoms with Crippen molar-refractivity contribution < 1.29 is 0 Å². The number of fused-ring (bicyclic) bond motifs is 2. The zero-order valence-electron chi connectivity index (χ0n) is 13.4. The lowest BCUT2D eigenvalue weighted by molar-refractivity contribution is 0.797. The van der Waals surface area contributed by atoms with Crippen LogP contribution in [0.2, 0.25) is 0 Å². The van der Waals surface area contributed by atoms with Crippen molar-refractivity contribution in [3.8, 4) is 0 Å². The van der Waals surface area contributed by atoms with E-state index in [1.165, 1.54) is 0 Å². The molecule has 0 saturated carbocycles. The number of aromatic nitrogens is 5. The lowest BCUT2D eigenvalue weighted by atomic mass is 10.2. The molecule has 0 bridgehead atoms. The van der Waals surface area contributed by atoms with Gasteiger partial charge in [-0.15, -0.1) is 0 Å². The number of hydrogen-bond acceptors (Lipinski definition) is 4. The second-order valence-electron chi connectivity index (χ2n) is 5.64. The van der Waals surface area contributed by atoms with E-state index in [0.29, 0.717) is 0 Å². The van der Waals surface area contributed by atoms with Gasteiger partial charge in [-0.2, -0.15) is 5.10 Å². The van der Waals surface area contributed by atoms with Crippen LogP contribution in [0.15, 0.2) is 43.0 Å². The third-order valence-corrected chi connectivity index (χ3v) is 4.23. The summed E-state index contributed by atoms with van der Waals surface area (Å²) in [5.74, 6) is 0.923. The highest BCUT2D eigenvalue weighted by molar-refractivity contribution is 5.85. The molecule has 0 fully saturated rings. The highest BCUT2D eigenvalue weighted by Crippen LogP contribution is 2.28. The molecule has 4 rings (SSSR count). The maximum atomic E-state index is 4.58. The van der Waals surface area contributed by atoms with Gasteiger partial charge in [0.25, 0.3) is 0 Å². The van der Waals surface area contributed by atoms with Crippen LogP contribution in [0.5, 0.6) is 0 Å². The molecule has 23 heavy (non-hydrogen) atoms. The van der Waals surface area contributed by atoms with Gasteiger partial charge in [0.2, 0.25) is 0 Å². The van der Waals surface area contributed by atoms with Crippen LogP contribution in [-0.2, 0) is 14.1 Å². The van der Waals surface area contributed by atoms with Gasteiger partial charge in [0.1, 0.15) is 11.3 Å². The molecule has 116 valence electrons. The second kappa shape index (κ2) is 5.08. The topological polar surface area (TPSA) is 51.8 Å². The number of imidazole rings is 1. The summed E-state index contributed by atoms with van der Waals surface area (Å²) >= 11 is 0. The second-order valence-corrected chi connectivity index (χ2v) is 5.64. The van der Waals surface area contributed by atoms with Crippen LogP contribution in [0, 0.1) is 0 Å². The van der Waals surface area contributed by atoms with E-state index in [-0.39, 0.29) is 0 Å². The first-order valence-electron chi connectivity index (χ1n) is 7.63. The number of aryl methyl sites for hydroxylation is 2. The van der Waals surface area contributed by atoms with Crippen molar-refractivity contribution in [3.05, 3.63) is 43.0 Å². The summed E-state index contributed by atoms with van der Waals surface area (Å²) in [5.41, 5.74) is 4.23. The van der Waals surface area contributed by atoms with Gasteiger partial charge >= 0.3 is 0 Å². The molecule has 1 aromatic carbocycles. The molecule has 0 spiro atoms. The van der Waals surface area contributed by atoms with Crippen LogP contribution in [-0.4, -0.2) is 30.9 Å². The van der Waals surface area contributed by atoms with Gasteiger partial charge in [0, 0.05) is 37.8 Å². The fraction of sp³-hybridized carbons (Fsp3) is 0.235. The van der Waals surface area contributed by atoms with E-state index in [9.17, 15) is 0 Å². The largest absolute Gasteiger partial charge is 0.334 e. The molecular weight excluding hydrogens is 288 g/mol. The minimum Gasteiger partial charge on any atom is -0.334 e. The monoisotopic (exact) mass is 306 g/mol. The quantitative estimate of drug-likeness (QED) is 0.584. The number of rotatable bonds is 3. The van der Waals surface area contributed by atoms with E-state index in [1.54, 1.807) is 0 Å². The predicted octanol–water partition coefficient (Wildman–Crippen LogP) is 3.01. The van der Waals surface area contributed by atoms with Crippen molar-refractivity contribution in [2.45, 2.75) is 6.92 Å². The van der Waals surface area contributed by atoms with Crippen molar-refractivity contribution >= 4 is 33.4 Å². The van der Waals surface area contributed by atoms with E-state index in [1.807, 2.05) is 42.1 Å². The third-order valence-electron chi connectivity index (χ3n) is 4.23. The Morgan fingerprint density at radius 1 is 1.04 bits per heavy atom. The molecule has 0 saturated heterocycles. The summed E-state index contributed by atoms with van der Waals surface area (Å²) < 4.78 is 3.90. The summed E-state index contributed by atoms with van der Waals surface area (Å²) in [5, 5.41) is 5.44. The molecule has 6 nitrogen and oxygen atoms in total. The van der Waals surface area contributed by atoms with Crippen molar-refractivity contribution in [2.24, 2.45) is 14.1 Å². The summed E-state index contributed by atoms with van der Waals surface area (Å²) in [4.78, 5) is 11.1. The summed E-state index contributed by atoms with van der Waals surface area (Å²) in [6.07, 6.45) is 5.54. The number of pyridine rings is 1. The average molecular weight is 306 g/mol. The van der Waals surface area contributed by atoms with Gasteiger partial charge in [-0.25, -0.2) is 9.97 Å². The normalized spacial score (nSPS) is 11.4. The maximum Gasteiger partial charge on any atom is 0.135 e. The molecular formula is C17H18N6. The Bertz CT molecular complexity index is 997. The molecule has 4 aromatic rings. The van der Waals surface area contributed by atoms with Gasteiger partial charge in [-0.1, -0.05) is 0 Å². The highest BCUT2D eigenvalue weighted by Gasteiger charge is 2.12. The van der Waals surface area contributed by atoms with Crippen LogP contribution in [0.4, 0.5) is 11.5 Å². The van der Waals surface area contributed by atoms with Crippen molar-refractivity contribution in [3.63, 3.8) is 0 Å². The minimum absolute atomic E-state index is 0.835. The van der Waals surface area contributed by atoms with Crippen LogP contribution in [0.1, 0.15) is 6.92 Å². The number of benzene rings is 1. The van der Waals surface area contributed by atoms with E-state index >= 15 is 0 Å². The zero-order chi connectivity index (χ0) is 16.0. The Kier molecular flexibility index (Phi) is 3.04. The predicted molar refractivity (Wildman–Crippen MR) is 91.9 cm³/mol. The van der Waals surface area contributed by atoms with E-state index in [4.69, 9.17) is 0 Å². The molecule has 0 amide bonds. The Hall–Kier alpha value is -2.89. The summed E-state index contributed by atoms with van der Waals surface area (Å²) in [7, 11) is 3.95. The molecule has 0 atom stereocenters. The van der Waals surface area contributed by atoms with E-state index in [0.717, 1.165) is 40.0 Å². The third kappa shape index (κ3) is 2.14. The summed E-state index contributed by atoms with van der Waals surface area (Å²) in [6, 6.07) is 8.45. The molecule has 0 aliphatic heterocycles. The first kappa shape index (κ1) is 13.8. The molecule has 3 aromatic heterocycles. The van der Waals surface area contributed by atoms with Crippen LogP contribution < -0.4 is 4.90 Å². The SMILES string of the molecule is CCN(c1ccc2c(cnn2C)c1)c1cc2c(cn1)ncn2C. The van der Waals surface area contributed by atoms with Crippen molar-refractivity contribution in [1.29, 1.82) is 0 Å². The molecule has 0 N–H and O–H groups in total. The van der Waals surface area contributed by atoms with Crippen LogP contribution in [0.25, 0.3) is 21.9 Å². The lowest BCUT2D eigenvalue weighted by Gasteiger charge is -2.22. The van der Waals surface area contributed by atoms with Gasteiger partial charge in [-0.05, 0) is 25.1 Å². The Balaban J connectivity index is 1.82. The average Bonchev–Trinajstić information content (AvgIpc) is 3.12. The smallest absolute Gasteiger partial charge is 0.135 e. The van der Waals surface area contributed by atoms with Crippen molar-refractivity contribution in [1.82, 2.24) is 24.3 Å². The Labute approximate surface area is 134 Å². The van der Waals surface area contributed by atoms with Gasteiger partial charge in [0.05, 0.1) is 29.8 Å². The first-order valence-corrected chi connectivity index (χ1v) is 7.63. The number of anilines is 2. The van der Waals surface area contributed by atoms with E-state index < -0.39 is 0 Å². The van der Waals surface area contributed by atoms with Gasteiger partial charge < -0.3 is 9.47 Å². The lowest BCUT2D eigenvalue weighted by Crippen LogP contribution is -2.17. The van der Waals surface area contributed by atoms with Gasteiger partial charge in [0.15, 0.2) is 0 Å². The number of nitrogens with zero attached hydrogens (tertiary/aromatic N) is 6. The first-order chi connectivity index (χ1) is 11.2. The zero-order valence-corrected chi connectivity index (χ0v) is 13.4. The highest BCUT2D eigenvalue weighted by atomic mass is 15.2. The van der Waals surface area contributed by atoms with E-state index in [2.05, 4.69) is 51.2 Å². The Morgan fingerprint density at radius 3 is 2.74 bits per heavy atom. The fourth-order valence-corrected chi connectivity index (χ4v) is 2.96. The standard InChI is InChI=1S/C17H18N6/c1-4-23(13-5-6-15-12(7-13)9-20-22(15)3)17-8-16-14(10-18-17)19-11-21(16)2/h5-11H,4H2,1-3H3. The number of hydrogen-bond donors (Lipinski definition) is 0. The molecule has 0 aliphatic rings. The molecule has 6 heteroatoms. The minimum atomic E-state index is 0.835. The van der Waals surface area contributed by atoms with Crippen LogP contribution in [0.3, 0.4) is 0 Å². The molecule has 0 aliphatic carbocycles. The van der Waals surface area contributed by atoms with Crippen molar-refractivity contribution in [2.75, 3.05) is 11.4 Å². The summed E-state index contributed by atoms with van der Waals surface area (Å²) in [6.45, 7) is 2.96. The van der Waals surface area contributed by atoms with Gasteiger partial charge in [-0.3, -0.25) is 4.68 Å². The Morgan fingerprint density at radius 2 is 1.91 bits per heavy atom. The fourth-order valence-electron chi connectivity index (χ4n) is 2.96. The van der Waals surface area contributed by atoms with Crippen LogP contribution >= 0.6 is 0 Å². The maximum absolute atomic E-state index is 4.58. The molecule has 3 heterocycles.